The summed E-state index contributed by atoms with van der Waals surface area (Å²) in [5.74, 6) is 1.40. The van der Waals surface area contributed by atoms with Crippen LogP contribution >= 0.6 is 0 Å². The summed E-state index contributed by atoms with van der Waals surface area (Å²) >= 11 is 0. The first-order valence-electron chi connectivity index (χ1n) is 16.8. The van der Waals surface area contributed by atoms with Crippen molar-refractivity contribution in [1.29, 1.82) is 0 Å². The topological polar surface area (TPSA) is 51.6 Å². The Balaban J connectivity index is 1.11. The highest BCUT2D eigenvalue weighted by Gasteiger charge is 2.16. The number of aromatic nitrogens is 4. The van der Waals surface area contributed by atoms with Crippen LogP contribution in [0.3, 0.4) is 0 Å². The smallest absolute Gasteiger partial charge is 0.161 e. The van der Waals surface area contributed by atoms with Gasteiger partial charge in [-0.25, -0.2) is 19.9 Å². The van der Waals surface area contributed by atoms with E-state index in [-0.39, 0.29) is 0 Å². The van der Waals surface area contributed by atoms with E-state index in [1.807, 2.05) is 24.3 Å². The van der Waals surface area contributed by atoms with Crippen LogP contribution in [0.25, 0.3) is 99.4 Å². The van der Waals surface area contributed by atoms with Crippen molar-refractivity contribution in [2.75, 3.05) is 0 Å². The molecule has 0 unspecified atom stereocenters. The fraction of sp³-hybridized carbons (Fsp3) is 0. The molecule has 50 heavy (non-hydrogen) atoms. The van der Waals surface area contributed by atoms with Gasteiger partial charge in [-0.1, -0.05) is 146 Å². The third-order valence-electron chi connectivity index (χ3n) is 9.65. The predicted octanol–water partition coefficient (Wildman–Crippen LogP) is 11.7. The Morgan fingerprint density at radius 2 is 0.780 bits per heavy atom. The van der Waals surface area contributed by atoms with Crippen LogP contribution < -0.4 is 0 Å². The van der Waals surface area contributed by atoms with Gasteiger partial charge >= 0.3 is 0 Å². The Labute approximate surface area is 288 Å². The van der Waals surface area contributed by atoms with E-state index in [1.165, 1.54) is 26.9 Å². The molecule has 10 rings (SSSR count). The van der Waals surface area contributed by atoms with Gasteiger partial charge in [-0.3, -0.25) is 0 Å². The van der Waals surface area contributed by atoms with Crippen molar-refractivity contribution < 1.29 is 0 Å². The number of hydrogen-bond acceptors (Lipinski definition) is 4. The maximum Gasteiger partial charge on any atom is 0.161 e. The molecule has 0 amide bonds. The van der Waals surface area contributed by atoms with E-state index in [0.29, 0.717) is 11.6 Å². The number of para-hydroxylation sites is 2. The minimum Gasteiger partial charge on any atom is -0.228 e. The van der Waals surface area contributed by atoms with Crippen molar-refractivity contribution in [3.8, 4) is 45.3 Å². The number of rotatable bonds is 4. The first-order valence-corrected chi connectivity index (χ1v) is 16.8. The molecular weight excluding hydrogens is 609 g/mol. The van der Waals surface area contributed by atoms with Gasteiger partial charge in [-0.15, -0.1) is 0 Å². The van der Waals surface area contributed by atoms with Crippen LogP contribution in [0, 0.1) is 0 Å². The molecule has 232 valence electrons. The van der Waals surface area contributed by atoms with E-state index in [2.05, 4.69) is 146 Å². The van der Waals surface area contributed by atoms with Gasteiger partial charge in [0.1, 0.15) is 0 Å². The first-order chi connectivity index (χ1) is 24.8. The monoisotopic (exact) mass is 636 g/mol. The maximum absolute atomic E-state index is 5.28. The molecule has 0 saturated heterocycles. The minimum atomic E-state index is 0.689. The standard InChI is InChI=1S/C46H28N4/c1-2-12-32-27-34(26-21-29(32)11-1)44-39-18-8-9-19-41(39)47-45(49-44)31-24-22-30(23-25-31)43-38-17-7-10-20-42(38)48-46(50-43)40-28-33-13-3-4-14-35(33)36-15-5-6-16-37(36)40/h1-28H. The zero-order chi connectivity index (χ0) is 33.0. The average Bonchev–Trinajstić information content (AvgIpc) is 3.19. The van der Waals surface area contributed by atoms with E-state index in [9.17, 15) is 0 Å². The molecule has 2 aromatic heterocycles. The van der Waals surface area contributed by atoms with Gasteiger partial charge in [0, 0.05) is 33.0 Å². The molecule has 8 aromatic carbocycles. The molecule has 10 aromatic rings. The molecule has 0 bridgehead atoms. The van der Waals surface area contributed by atoms with Crippen LogP contribution in [0.15, 0.2) is 170 Å². The van der Waals surface area contributed by atoms with Gasteiger partial charge in [0.2, 0.25) is 0 Å². The molecule has 0 aliphatic carbocycles. The van der Waals surface area contributed by atoms with E-state index in [4.69, 9.17) is 19.9 Å². The lowest BCUT2D eigenvalue weighted by Crippen LogP contribution is -1.97. The van der Waals surface area contributed by atoms with E-state index in [0.717, 1.165) is 60.8 Å². The molecule has 4 nitrogen and oxygen atoms in total. The average molecular weight is 637 g/mol. The van der Waals surface area contributed by atoms with Crippen molar-refractivity contribution in [2.24, 2.45) is 0 Å². The summed E-state index contributed by atoms with van der Waals surface area (Å²) in [6.45, 7) is 0. The van der Waals surface area contributed by atoms with Crippen molar-refractivity contribution in [2.45, 2.75) is 0 Å². The summed E-state index contributed by atoms with van der Waals surface area (Å²) in [4.78, 5) is 20.6. The molecule has 0 aliphatic rings. The van der Waals surface area contributed by atoms with Crippen LogP contribution in [0.5, 0.6) is 0 Å². The van der Waals surface area contributed by atoms with Gasteiger partial charge in [-0.05, 0) is 56.6 Å². The van der Waals surface area contributed by atoms with Gasteiger partial charge in [0.25, 0.3) is 0 Å². The quantitative estimate of drug-likeness (QED) is 0.180. The highest BCUT2D eigenvalue weighted by molar-refractivity contribution is 6.13. The summed E-state index contributed by atoms with van der Waals surface area (Å²) in [7, 11) is 0. The summed E-state index contributed by atoms with van der Waals surface area (Å²) in [5, 5.41) is 9.16. The first kappa shape index (κ1) is 28.3. The lowest BCUT2D eigenvalue weighted by Gasteiger charge is -2.13. The molecule has 0 fully saturated rings. The Hall–Kier alpha value is -6.78. The third kappa shape index (κ3) is 4.69. The van der Waals surface area contributed by atoms with Crippen LogP contribution in [-0.4, -0.2) is 19.9 Å². The molecule has 2 heterocycles. The molecular formula is C46H28N4. The zero-order valence-corrected chi connectivity index (χ0v) is 27.0. The van der Waals surface area contributed by atoms with Crippen LogP contribution in [-0.2, 0) is 0 Å². The summed E-state index contributed by atoms with van der Waals surface area (Å²) in [5.41, 5.74) is 7.69. The number of benzene rings is 8. The van der Waals surface area contributed by atoms with E-state index >= 15 is 0 Å². The summed E-state index contributed by atoms with van der Waals surface area (Å²) in [6.07, 6.45) is 0. The second-order valence-electron chi connectivity index (χ2n) is 12.7. The van der Waals surface area contributed by atoms with E-state index in [1.54, 1.807) is 0 Å². The Morgan fingerprint density at radius 1 is 0.280 bits per heavy atom. The highest BCUT2D eigenvalue weighted by atomic mass is 14.9. The second-order valence-corrected chi connectivity index (χ2v) is 12.7. The zero-order valence-electron chi connectivity index (χ0n) is 27.0. The third-order valence-corrected chi connectivity index (χ3v) is 9.65. The number of nitrogens with zero attached hydrogens (tertiary/aromatic N) is 4. The SMILES string of the molecule is c1ccc2cc(-c3nc(-c4ccc(-c5nc(-c6cc7ccccc7c7ccccc67)nc6ccccc56)cc4)nc4ccccc34)ccc2c1. The van der Waals surface area contributed by atoms with Crippen molar-refractivity contribution in [1.82, 2.24) is 19.9 Å². The molecule has 0 spiro atoms. The summed E-state index contributed by atoms with van der Waals surface area (Å²) in [6, 6.07) is 59.2. The molecule has 0 atom stereocenters. The second kappa shape index (κ2) is 11.4. The number of fused-ring (bicyclic) bond motifs is 6. The largest absolute Gasteiger partial charge is 0.228 e. The normalized spacial score (nSPS) is 11.6. The molecule has 4 heteroatoms. The van der Waals surface area contributed by atoms with E-state index < -0.39 is 0 Å². The van der Waals surface area contributed by atoms with Crippen LogP contribution in [0.2, 0.25) is 0 Å². The fourth-order valence-corrected chi connectivity index (χ4v) is 7.20. The lowest BCUT2D eigenvalue weighted by molar-refractivity contribution is 1.22. The van der Waals surface area contributed by atoms with Crippen LogP contribution in [0.4, 0.5) is 0 Å². The molecule has 0 saturated carbocycles. The van der Waals surface area contributed by atoms with Crippen molar-refractivity contribution in [3.05, 3.63) is 170 Å². The Bertz CT molecular complexity index is 2930. The molecule has 0 aliphatic heterocycles. The maximum atomic E-state index is 5.28. The van der Waals surface area contributed by atoms with Gasteiger partial charge in [0.15, 0.2) is 11.6 Å². The van der Waals surface area contributed by atoms with Crippen molar-refractivity contribution >= 4 is 54.1 Å². The Kier molecular flexibility index (Phi) is 6.46. The molecule has 0 N–H and O–H groups in total. The van der Waals surface area contributed by atoms with Crippen LogP contribution in [0.1, 0.15) is 0 Å². The Morgan fingerprint density at radius 3 is 1.52 bits per heavy atom. The predicted molar refractivity (Wildman–Crippen MR) is 207 cm³/mol. The van der Waals surface area contributed by atoms with Gasteiger partial charge in [-0.2, -0.15) is 0 Å². The van der Waals surface area contributed by atoms with Gasteiger partial charge in [0.05, 0.1) is 22.4 Å². The summed E-state index contributed by atoms with van der Waals surface area (Å²) < 4.78 is 0. The highest BCUT2D eigenvalue weighted by Crippen LogP contribution is 2.37. The minimum absolute atomic E-state index is 0.689. The lowest BCUT2D eigenvalue weighted by atomic mass is 9.96. The van der Waals surface area contributed by atoms with Gasteiger partial charge < -0.3 is 0 Å². The molecule has 0 radical (unpaired) electrons. The number of hydrogen-bond donors (Lipinski definition) is 0. The van der Waals surface area contributed by atoms with Crippen molar-refractivity contribution in [3.63, 3.8) is 0 Å². The fourth-order valence-electron chi connectivity index (χ4n) is 7.20.